The Balaban J connectivity index is 2.17. The monoisotopic (exact) mass is 267 g/mol. The molecule has 0 spiro atoms. The molecule has 0 radical (unpaired) electrons. The van der Waals surface area contributed by atoms with Gasteiger partial charge in [0.25, 0.3) is 0 Å². The van der Waals surface area contributed by atoms with Crippen LogP contribution in [0, 0.1) is 5.92 Å². The summed E-state index contributed by atoms with van der Waals surface area (Å²) in [6.45, 7) is 0. The molecule has 18 heavy (non-hydrogen) atoms. The molecule has 1 aliphatic rings. The number of halogens is 1. The molecule has 98 valence electrons. The molecule has 0 N–H and O–H groups in total. The summed E-state index contributed by atoms with van der Waals surface area (Å²) in [6.07, 6.45) is 3.49. The third-order valence-electron chi connectivity index (χ3n) is 3.80. The Kier molecular flexibility index (Phi) is 4.41. The number of Topliss-reactive ketones (excluding diaryl/α,β-unsaturated/α-hetero) is 1. The van der Waals surface area contributed by atoms with Crippen LogP contribution in [0.1, 0.15) is 37.3 Å². The number of hydrogen-bond donors (Lipinski definition) is 0. The van der Waals surface area contributed by atoms with Crippen molar-refractivity contribution in [2.75, 3.05) is 14.1 Å². The Labute approximate surface area is 114 Å². The summed E-state index contributed by atoms with van der Waals surface area (Å²) in [6, 6.07) is 8.48. The predicted molar refractivity (Wildman–Crippen MR) is 74.8 cm³/mol. The van der Waals surface area contributed by atoms with E-state index in [1.54, 1.807) is 0 Å². The van der Waals surface area contributed by atoms with E-state index in [9.17, 15) is 4.79 Å². The Morgan fingerprint density at radius 1 is 1.22 bits per heavy atom. The van der Waals surface area contributed by atoms with Crippen molar-refractivity contribution in [3.63, 3.8) is 0 Å². The number of carbonyl (C=O) groups is 1. The van der Waals surface area contributed by atoms with Gasteiger partial charge in [0.15, 0.2) is 0 Å². The highest BCUT2D eigenvalue weighted by Crippen LogP contribution is 2.36. The van der Waals surface area contributed by atoms with Gasteiger partial charge in [0.05, 0.1) is 0 Å². The molecule has 1 fully saturated rings. The minimum absolute atomic E-state index is 0.385. The van der Waals surface area contributed by atoms with E-state index in [4.69, 9.17) is 11.6 Å². The first kappa shape index (κ1) is 13.6. The summed E-state index contributed by atoms with van der Waals surface area (Å²) in [5.74, 6) is 0.985. The minimum Gasteiger partial charge on any atom is -0.302 e. The van der Waals surface area contributed by atoms with Crippen LogP contribution < -0.4 is 0 Å². The van der Waals surface area contributed by atoms with E-state index in [2.05, 4.69) is 31.1 Å². The zero-order chi connectivity index (χ0) is 13.1. The summed E-state index contributed by atoms with van der Waals surface area (Å²) in [5.41, 5.74) is 1.30. The normalized spacial score (nSPS) is 19.2. The molecule has 1 unspecified atom stereocenters. The lowest BCUT2D eigenvalue weighted by molar-refractivity contribution is -0.121. The quantitative estimate of drug-likeness (QED) is 0.832. The van der Waals surface area contributed by atoms with Crippen LogP contribution in [-0.2, 0) is 4.79 Å². The largest absolute Gasteiger partial charge is 0.302 e. The lowest BCUT2D eigenvalue weighted by Gasteiger charge is -2.34. The molecule has 3 heteroatoms. The van der Waals surface area contributed by atoms with E-state index < -0.39 is 0 Å². The van der Waals surface area contributed by atoms with Gasteiger partial charge in [0.1, 0.15) is 5.78 Å². The van der Waals surface area contributed by atoms with Crippen molar-refractivity contribution in [3.8, 4) is 0 Å². The van der Waals surface area contributed by atoms with Crippen molar-refractivity contribution in [2.24, 2.45) is 5.92 Å². The van der Waals surface area contributed by atoms with Crippen molar-refractivity contribution >= 4 is 17.4 Å². The fourth-order valence-corrected chi connectivity index (χ4v) is 3.06. The molecule has 0 amide bonds. The fourth-order valence-electron chi connectivity index (χ4n) is 2.93. The molecular weight excluding hydrogens is 248 g/mol. The SMILES string of the molecule is CN(C)C(c1ccc(Cl)cc1)C1CC[14C](=O)CC1. The van der Waals surface area contributed by atoms with Crippen molar-refractivity contribution in [1.29, 1.82) is 0 Å². The molecule has 1 aromatic carbocycles. The molecule has 0 heterocycles. The molecule has 1 saturated carbocycles. The zero-order valence-corrected chi connectivity index (χ0v) is 11.8. The lowest BCUT2D eigenvalue weighted by atomic mass is 9.85. The van der Waals surface area contributed by atoms with Crippen LogP contribution in [0.15, 0.2) is 24.3 Å². The van der Waals surface area contributed by atoms with Crippen molar-refractivity contribution < 1.29 is 4.79 Å². The van der Waals surface area contributed by atoms with Gasteiger partial charge in [-0.05, 0) is 50.6 Å². The fraction of sp³-hybridized carbons (Fsp3) is 0.533. The van der Waals surface area contributed by atoms with Gasteiger partial charge >= 0.3 is 0 Å². The number of hydrogen-bond acceptors (Lipinski definition) is 2. The molecule has 2 nitrogen and oxygen atoms in total. The smallest absolute Gasteiger partial charge is 0.132 e. The standard InChI is InChI=1S/C15H20ClNO/c1-17(2)15(11-3-7-13(16)8-4-11)12-5-9-14(18)10-6-12/h3-4,7-8,12,15H,5-6,9-10H2,1-2H3/i14+2. The lowest BCUT2D eigenvalue weighted by Crippen LogP contribution is -2.30. The van der Waals surface area contributed by atoms with Crippen LogP contribution in [0.4, 0.5) is 0 Å². The molecule has 1 atom stereocenters. The van der Waals surface area contributed by atoms with Gasteiger partial charge in [-0.1, -0.05) is 23.7 Å². The Morgan fingerprint density at radius 2 is 1.78 bits per heavy atom. The number of nitrogens with zero attached hydrogens (tertiary/aromatic N) is 1. The first-order valence-electron chi connectivity index (χ1n) is 6.51. The highest BCUT2D eigenvalue weighted by atomic mass is 35.5. The summed E-state index contributed by atoms with van der Waals surface area (Å²) in [5, 5.41) is 0.773. The average molecular weight is 268 g/mol. The second-order valence-electron chi connectivity index (χ2n) is 5.34. The Bertz CT molecular complexity index is 403. The highest BCUT2D eigenvalue weighted by molar-refractivity contribution is 6.30. The van der Waals surface area contributed by atoms with E-state index in [-0.39, 0.29) is 0 Å². The molecule has 1 aromatic rings. The second-order valence-corrected chi connectivity index (χ2v) is 5.77. The molecular formula is C15H20ClNO. The van der Waals surface area contributed by atoms with Crippen LogP contribution in [0.3, 0.4) is 0 Å². The van der Waals surface area contributed by atoms with Gasteiger partial charge in [0, 0.05) is 23.9 Å². The van der Waals surface area contributed by atoms with Crippen LogP contribution in [-0.4, -0.2) is 24.8 Å². The maximum atomic E-state index is 11.4. The van der Waals surface area contributed by atoms with Gasteiger partial charge in [-0.3, -0.25) is 4.79 Å². The van der Waals surface area contributed by atoms with E-state index >= 15 is 0 Å². The van der Waals surface area contributed by atoms with Gasteiger partial charge in [0.2, 0.25) is 0 Å². The first-order chi connectivity index (χ1) is 8.58. The molecule has 2 rings (SSSR count). The highest BCUT2D eigenvalue weighted by Gasteiger charge is 2.28. The predicted octanol–water partition coefficient (Wildman–Crippen LogP) is 3.70. The first-order valence-corrected chi connectivity index (χ1v) is 6.89. The van der Waals surface area contributed by atoms with Gasteiger partial charge in [-0.25, -0.2) is 0 Å². The number of rotatable bonds is 3. The van der Waals surface area contributed by atoms with Crippen LogP contribution >= 0.6 is 11.6 Å². The van der Waals surface area contributed by atoms with Gasteiger partial charge in [-0.15, -0.1) is 0 Å². The van der Waals surface area contributed by atoms with E-state index in [0.717, 1.165) is 30.7 Å². The number of benzene rings is 1. The van der Waals surface area contributed by atoms with Crippen molar-refractivity contribution in [2.45, 2.75) is 31.7 Å². The molecule has 0 bridgehead atoms. The second kappa shape index (κ2) is 5.85. The summed E-state index contributed by atoms with van der Waals surface area (Å²) in [4.78, 5) is 13.6. The Hall–Kier alpha value is -0.860. The van der Waals surface area contributed by atoms with Gasteiger partial charge in [-0.2, -0.15) is 0 Å². The van der Waals surface area contributed by atoms with Crippen LogP contribution in [0.25, 0.3) is 0 Å². The van der Waals surface area contributed by atoms with Gasteiger partial charge < -0.3 is 4.90 Å². The number of ketones is 1. The summed E-state index contributed by atoms with van der Waals surface area (Å²) >= 11 is 5.94. The molecule has 1 aliphatic carbocycles. The summed E-state index contributed by atoms with van der Waals surface area (Å²) in [7, 11) is 4.21. The van der Waals surface area contributed by atoms with Crippen molar-refractivity contribution in [1.82, 2.24) is 4.90 Å². The van der Waals surface area contributed by atoms with Crippen LogP contribution in [0.5, 0.6) is 0 Å². The maximum Gasteiger partial charge on any atom is 0.132 e. The summed E-state index contributed by atoms with van der Waals surface area (Å²) < 4.78 is 0. The average Bonchev–Trinajstić information content (AvgIpc) is 2.34. The van der Waals surface area contributed by atoms with E-state index in [0.29, 0.717) is 17.7 Å². The molecule has 0 aliphatic heterocycles. The zero-order valence-electron chi connectivity index (χ0n) is 11.0. The van der Waals surface area contributed by atoms with Crippen molar-refractivity contribution in [3.05, 3.63) is 34.9 Å². The Morgan fingerprint density at radius 3 is 2.28 bits per heavy atom. The molecule has 0 aromatic heterocycles. The molecule has 0 saturated heterocycles. The third kappa shape index (κ3) is 3.12. The van der Waals surface area contributed by atoms with E-state index in [1.165, 1.54) is 5.56 Å². The topological polar surface area (TPSA) is 20.3 Å². The minimum atomic E-state index is 0.385. The number of carbonyl (C=O) groups excluding carboxylic acids is 1. The third-order valence-corrected chi connectivity index (χ3v) is 4.05. The van der Waals surface area contributed by atoms with E-state index in [1.807, 2.05) is 12.1 Å². The maximum absolute atomic E-state index is 11.4. The van der Waals surface area contributed by atoms with Crippen LogP contribution in [0.2, 0.25) is 5.02 Å².